The number of rotatable bonds is 5. The molecule has 2 fully saturated rings. The average molecular weight is 354 g/mol. The lowest BCUT2D eigenvalue weighted by Crippen LogP contribution is -2.56. The number of carbonyl (C=O) groups is 1. The number of alkyl halides is 2. The molecule has 0 bridgehead atoms. The van der Waals surface area contributed by atoms with Gasteiger partial charge in [-0.15, -0.1) is 0 Å². The number of amides is 1. The Morgan fingerprint density at radius 2 is 2.04 bits per heavy atom. The first-order valence-electron chi connectivity index (χ1n) is 8.47. The number of hydrogen-bond donors (Lipinski definition) is 0. The first kappa shape index (κ1) is 17.8. The molecule has 1 saturated carbocycles. The number of carbonyl (C=O) groups excluding carboxylic acids is 1. The standard InChI is InChI=1S/C17H24F2N4O2/c1-16(2,3)22(4)15(24)12-7-20-13(23-9-17(18,19)10-23)14(21-12)25-8-11-5-6-11/h7,11H,5-6,8-10H2,1-4H3. The second-order valence-electron chi connectivity index (χ2n) is 7.89. The number of halogens is 2. The smallest absolute Gasteiger partial charge is 0.282 e. The third-order valence-corrected chi connectivity index (χ3v) is 4.55. The van der Waals surface area contributed by atoms with Crippen LogP contribution < -0.4 is 9.64 Å². The molecule has 0 unspecified atom stereocenters. The molecule has 1 aliphatic carbocycles. The van der Waals surface area contributed by atoms with Crippen LogP contribution in [0.5, 0.6) is 5.88 Å². The summed E-state index contributed by atoms with van der Waals surface area (Å²) in [5.74, 6) is -2.07. The molecule has 1 aliphatic heterocycles. The van der Waals surface area contributed by atoms with Crippen LogP contribution in [0.2, 0.25) is 0 Å². The van der Waals surface area contributed by atoms with Gasteiger partial charge in [0.25, 0.3) is 17.7 Å². The molecule has 6 nitrogen and oxygen atoms in total. The van der Waals surface area contributed by atoms with Crippen molar-refractivity contribution in [2.45, 2.75) is 45.1 Å². The Hall–Kier alpha value is -1.99. The first-order valence-corrected chi connectivity index (χ1v) is 8.47. The summed E-state index contributed by atoms with van der Waals surface area (Å²) in [6.45, 7) is 5.41. The minimum absolute atomic E-state index is 0.152. The maximum absolute atomic E-state index is 13.2. The van der Waals surface area contributed by atoms with Crippen molar-refractivity contribution in [2.24, 2.45) is 5.92 Å². The highest BCUT2D eigenvalue weighted by atomic mass is 19.3. The van der Waals surface area contributed by atoms with Crippen molar-refractivity contribution < 1.29 is 18.3 Å². The van der Waals surface area contributed by atoms with Crippen LogP contribution in [0.1, 0.15) is 44.1 Å². The average Bonchev–Trinajstić information content (AvgIpc) is 3.32. The number of aromatic nitrogens is 2. The Morgan fingerprint density at radius 1 is 1.40 bits per heavy atom. The summed E-state index contributed by atoms with van der Waals surface area (Å²) in [7, 11) is 1.69. The van der Waals surface area contributed by atoms with E-state index in [4.69, 9.17) is 4.74 Å². The van der Waals surface area contributed by atoms with Gasteiger partial charge in [0.15, 0.2) is 11.5 Å². The van der Waals surface area contributed by atoms with Crippen LogP contribution in [0.25, 0.3) is 0 Å². The molecule has 0 spiro atoms. The quantitative estimate of drug-likeness (QED) is 0.813. The molecular weight excluding hydrogens is 330 g/mol. The van der Waals surface area contributed by atoms with E-state index in [-0.39, 0.29) is 28.8 Å². The van der Waals surface area contributed by atoms with E-state index < -0.39 is 19.0 Å². The van der Waals surface area contributed by atoms with E-state index in [0.29, 0.717) is 12.5 Å². The van der Waals surface area contributed by atoms with Crippen molar-refractivity contribution in [1.29, 1.82) is 0 Å². The van der Waals surface area contributed by atoms with Crippen molar-refractivity contribution in [2.75, 3.05) is 31.6 Å². The summed E-state index contributed by atoms with van der Waals surface area (Å²) in [6, 6.07) is 0. The van der Waals surface area contributed by atoms with Crippen LogP contribution in [-0.2, 0) is 0 Å². The van der Waals surface area contributed by atoms with E-state index in [1.807, 2.05) is 20.8 Å². The van der Waals surface area contributed by atoms with Crippen LogP contribution in [0.4, 0.5) is 14.6 Å². The summed E-state index contributed by atoms with van der Waals surface area (Å²) in [5.41, 5.74) is -0.217. The maximum Gasteiger partial charge on any atom is 0.282 e. The molecule has 1 saturated heterocycles. The van der Waals surface area contributed by atoms with Gasteiger partial charge in [0.05, 0.1) is 25.9 Å². The highest BCUT2D eigenvalue weighted by molar-refractivity contribution is 5.92. The van der Waals surface area contributed by atoms with E-state index in [2.05, 4.69) is 9.97 Å². The first-order chi connectivity index (χ1) is 11.6. The number of ether oxygens (including phenoxy) is 1. The molecule has 0 N–H and O–H groups in total. The van der Waals surface area contributed by atoms with Crippen molar-refractivity contribution in [3.8, 4) is 5.88 Å². The predicted molar refractivity (Wildman–Crippen MR) is 89.3 cm³/mol. The molecule has 2 aliphatic rings. The van der Waals surface area contributed by atoms with Gasteiger partial charge in [-0.2, -0.15) is 0 Å². The van der Waals surface area contributed by atoms with Gasteiger partial charge in [-0.05, 0) is 39.5 Å². The van der Waals surface area contributed by atoms with Crippen LogP contribution in [-0.4, -0.2) is 59.0 Å². The van der Waals surface area contributed by atoms with Crippen LogP contribution in [0.15, 0.2) is 6.20 Å². The molecule has 3 rings (SSSR count). The Kier molecular flexibility index (Phi) is 4.33. The van der Waals surface area contributed by atoms with E-state index in [9.17, 15) is 13.6 Å². The van der Waals surface area contributed by atoms with Crippen molar-refractivity contribution >= 4 is 11.7 Å². The lowest BCUT2D eigenvalue weighted by atomic mass is 10.1. The van der Waals surface area contributed by atoms with Crippen molar-refractivity contribution in [3.63, 3.8) is 0 Å². The zero-order chi connectivity index (χ0) is 18.4. The lowest BCUT2D eigenvalue weighted by Gasteiger charge is -2.39. The van der Waals surface area contributed by atoms with Gasteiger partial charge in [-0.25, -0.2) is 18.7 Å². The van der Waals surface area contributed by atoms with Crippen LogP contribution >= 0.6 is 0 Å². The van der Waals surface area contributed by atoms with Crippen molar-refractivity contribution in [3.05, 3.63) is 11.9 Å². The minimum atomic E-state index is -2.71. The van der Waals surface area contributed by atoms with Crippen LogP contribution in [0.3, 0.4) is 0 Å². The molecule has 138 valence electrons. The summed E-state index contributed by atoms with van der Waals surface area (Å²) >= 11 is 0. The maximum atomic E-state index is 13.2. The van der Waals surface area contributed by atoms with Gasteiger partial charge in [-0.1, -0.05) is 0 Å². The lowest BCUT2D eigenvalue weighted by molar-refractivity contribution is -0.0270. The van der Waals surface area contributed by atoms with Crippen molar-refractivity contribution in [1.82, 2.24) is 14.9 Å². The van der Waals surface area contributed by atoms with E-state index in [1.165, 1.54) is 11.1 Å². The fraction of sp³-hybridized carbons (Fsp3) is 0.706. The van der Waals surface area contributed by atoms with Gasteiger partial charge in [-0.3, -0.25) is 4.79 Å². The summed E-state index contributed by atoms with van der Waals surface area (Å²) in [4.78, 5) is 24.1. The Morgan fingerprint density at radius 3 is 2.56 bits per heavy atom. The third kappa shape index (κ3) is 3.99. The van der Waals surface area contributed by atoms with E-state index in [0.717, 1.165) is 12.8 Å². The van der Waals surface area contributed by atoms with E-state index >= 15 is 0 Å². The fourth-order valence-corrected chi connectivity index (χ4v) is 2.40. The topological polar surface area (TPSA) is 58.6 Å². The molecule has 2 heterocycles. The summed E-state index contributed by atoms with van der Waals surface area (Å²) in [5, 5.41) is 0. The predicted octanol–water partition coefficient (Wildman–Crippen LogP) is 2.59. The van der Waals surface area contributed by atoms with Crippen LogP contribution in [0, 0.1) is 5.92 Å². The highest BCUT2D eigenvalue weighted by Crippen LogP contribution is 2.36. The summed E-state index contributed by atoms with van der Waals surface area (Å²) in [6.07, 6.45) is 3.52. The normalized spacial score (nSPS) is 19.4. The zero-order valence-corrected chi connectivity index (χ0v) is 15.1. The molecule has 25 heavy (non-hydrogen) atoms. The number of anilines is 1. The monoisotopic (exact) mass is 354 g/mol. The molecule has 0 atom stereocenters. The van der Waals surface area contributed by atoms with Gasteiger partial charge in [0.1, 0.15) is 0 Å². The second-order valence-corrected chi connectivity index (χ2v) is 7.89. The summed E-state index contributed by atoms with van der Waals surface area (Å²) < 4.78 is 32.1. The largest absolute Gasteiger partial charge is 0.475 e. The Labute approximate surface area is 146 Å². The second kappa shape index (κ2) is 6.07. The van der Waals surface area contributed by atoms with Gasteiger partial charge in [0, 0.05) is 12.6 Å². The Balaban J connectivity index is 1.83. The third-order valence-electron chi connectivity index (χ3n) is 4.55. The van der Waals surface area contributed by atoms with Gasteiger partial charge >= 0.3 is 0 Å². The molecule has 0 aromatic carbocycles. The Bertz CT molecular complexity index is 663. The highest BCUT2D eigenvalue weighted by Gasteiger charge is 2.46. The molecule has 8 heteroatoms. The molecular formula is C17H24F2N4O2. The van der Waals surface area contributed by atoms with Gasteiger partial charge < -0.3 is 14.5 Å². The molecule has 1 aromatic heterocycles. The molecule has 1 amide bonds. The zero-order valence-electron chi connectivity index (χ0n) is 15.1. The number of hydrogen-bond acceptors (Lipinski definition) is 5. The SMILES string of the molecule is CN(C(=O)c1cnc(N2CC(F)(F)C2)c(OCC2CC2)n1)C(C)(C)C. The minimum Gasteiger partial charge on any atom is -0.475 e. The van der Waals surface area contributed by atoms with Gasteiger partial charge in [0.2, 0.25) is 0 Å². The fourth-order valence-electron chi connectivity index (χ4n) is 2.40. The molecule has 0 radical (unpaired) electrons. The van der Waals surface area contributed by atoms with E-state index in [1.54, 1.807) is 11.9 Å². The molecule has 1 aromatic rings. The number of nitrogens with zero attached hydrogens (tertiary/aromatic N) is 4.